The lowest BCUT2D eigenvalue weighted by molar-refractivity contribution is -0.117. The Bertz CT molecular complexity index is 849. The topological polar surface area (TPSA) is 83.7 Å². The van der Waals surface area contributed by atoms with Crippen LogP contribution in [0.15, 0.2) is 48.5 Å². The van der Waals surface area contributed by atoms with Crippen molar-refractivity contribution >= 4 is 40.2 Å². The Morgan fingerprint density at radius 3 is 2.12 bits per heavy atom. The highest BCUT2D eigenvalue weighted by Crippen LogP contribution is 2.35. The van der Waals surface area contributed by atoms with E-state index in [4.69, 9.17) is 5.73 Å². The van der Waals surface area contributed by atoms with Gasteiger partial charge in [0.15, 0.2) is 5.37 Å². The molecule has 2 aromatic rings. The Morgan fingerprint density at radius 2 is 1.58 bits per heavy atom. The summed E-state index contributed by atoms with van der Waals surface area (Å²) in [6.45, 7) is 3.72. The van der Waals surface area contributed by atoms with E-state index >= 15 is 0 Å². The Balaban J connectivity index is 1.93. The lowest BCUT2D eigenvalue weighted by atomic mass is 10.2. The van der Waals surface area contributed by atoms with Gasteiger partial charge in [-0.3, -0.25) is 14.4 Å². The number of carbonyl (C=O) groups excluding carboxylic acids is 3. The molecule has 7 heteroatoms. The third kappa shape index (κ3) is 3.57. The van der Waals surface area contributed by atoms with E-state index in [1.54, 1.807) is 17.0 Å². The Hall–Kier alpha value is -2.80. The number of primary amides is 1. The van der Waals surface area contributed by atoms with Crippen LogP contribution in [0.3, 0.4) is 0 Å². The van der Waals surface area contributed by atoms with Crippen LogP contribution in [0.2, 0.25) is 0 Å². The molecule has 0 saturated carbocycles. The average molecular weight is 369 g/mol. The second-order valence-corrected chi connectivity index (χ2v) is 7.21. The SMILES string of the molecule is Cc1ccc(N2C(=O)S[C@@H](N(CC(N)=O)c3ccc(C)cc3)C2=O)cc1. The molecule has 134 valence electrons. The molecular weight excluding hydrogens is 350 g/mol. The average Bonchev–Trinajstić information content (AvgIpc) is 2.89. The van der Waals surface area contributed by atoms with E-state index in [1.165, 1.54) is 0 Å². The molecule has 1 fully saturated rings. The molecule has 0 aliphatic carbocycles. The van der Waals surface area contributed by atoms with E-state index in [1.807, 2.05) is 50.2 Å². The summed E-state index contributed by atoms with van der Waals surface area (Å²) in [5, 5.41) is -1.20. The fourth-order valence-corrected chi connectivity index (χ4v) is 3.76. The fraction of sp³-hybridized carbons (Fsp3) is 0.211. The molecule has 0 radical (unpaired) electrons. The van der Waals surface area contributed by atoms with Gasteiger partial charge >= 0.3 is 0 Å². The van der Waals surface area contributed by atoms with Crippen molar-refractivity contribution in [1.29, 1.82) is 0 Å². The normalized spacial score (nSPS) is 16.8. The van der Waals surface area contributed by atoms with Crippen molar-refractivity contribution in [2.45, 2.75) is 19.2 Å². The van der Waals surface area contributed by atoms with Crippen LogP contribution < -0.4 is 15.5 Å². The number of rotatable bonds is 5. The zero-order chi connectivity index (χ0) is 18.8. The minimum atomic E-state index is -0.834. The smallest absolute Gasteiger partial charge is 0.295 e. The minimum absolute atomic E-state index is 0.151. The summed E-state index contributed by atoms with van der Waals surface area (Å²) in [4.78, 5) is 39.7. The van der Waals surface area contributed by atoms with Gasteiger partial charge in [0.05, 0.1) is 12.2 Å². The number of aryl methyl sites for hydroxylation is 2. The Kier molecular flexibility index (Phi) is 4.99. The lowest BCUT2D eigenvalue weighted by Gasteiger charge is -2.27. The lowest BCUT2D eigenvalue weighted by Crippen LogP contribution is -2.45. The summed E-state index contributed by atoms with van der Waals surface area (Å²) in [6.07, 6.45) is 0. The number of nitrogens with zero attached hydrogens (tertiary/aromatic N) is 2. The highest BCUT2D eigenvalue weighted by atomic mass is 32.2. The molecule has 2 N–H and O–H groups in total. The third-order valence-corrected chi connectivity index (χ3v) is 5.16. The van der Waals surface area contributed by atoms with E-state index in [-0.39, 0.29) is 17.7 Å². The van der Waals surface area contributed by atoms with Gasteiger partial charge < -0.3 is 10.6 Å². The molecule has 0 aromatic heterocycles. The molecule has 1 saturated heterocycles. The number of imide groups is 1. The van der Waals surface area contributed by atoms with Gasteiger partial charge in [0, 0.05) is 5.69 Å². The first kappa shape index (κ1) is 18.0. The molecule has 0 spiro atoms. The monoisotopic (exact) mass is 369 g/mol. The van der Waals surface area contributed by atoms with Crippen molar-refractivity contribution in [2.24, 2.45) is 5.73 Å². The van der Waals surface area contributed by atoms with Gasteiger partial charge in [-0.05, 0) is 49.9 Å². The van der Waals surface area contributed by atoms with Crippen LogP contribution in [0.5, 0.6) is 0 Å². The van der Waals surface area contributed by atoms with E-state index in [0.29, 0.717) is 11.4 Å². The number of amides is 3. The maximum atomic E-state index is 13.0. The Labute approximate surface area is 156 Å². The highest BCUT2D eigenvalue weighted by molar-refractivity contribution is 8.16. The van der Waals surface area contributed by atoms with Crippen molar-refractivity contribution in [1.82, 2.24) is 0 Å². The summed E-state index contributed by atoms with van der Waals surface area (Å²) in [5.41, 5.74) is 8.64. The van der Waals surface area contributed by atoms with E-state index in [9.17, 15) is 14.4 Å². The van der Waals surface area contributed by atoms with Gasteiger partial charge in [-0.25, -0.2) is 4.90 Å². The van der Waals surface area contributed by atoms with Crippen LogP contribution >= 0.6 is 11.8 Å². The van der Waals surface area contributed by atoms with E-state index in [2.05, 4.69) is 0 Å². The summed E-state index contributed by atoms with van der Waals surface area (Å²) in [5.74, 6) is -0.953. The summed E-state index contributed by atoms with van der Waals surface area (Å²) in [6, 6.07) is 14.5. The zero-order valence-corrected chi connectivity index (χ0v) is 15.3. The molecule has 6 nitrogen and oxygen atoms in total. The first-order valence-corrected chi connectivity index (χ1v) is 8.97. The van der Waals surface area contributed by atoms with Crippen molar-refractivity contribution in [2.75, 3.05) is 16.3 Å². The second-order valence-electron chi connectivity index (χ2n) is 6.18. The molecule has 2 aromatic carbocycles. The van der Waals surface area contributed by atoms with Gasteiger partial charge in [-0.2, -0.15) is 0 Å². The molecule has 0 unspecified atom stereocenters. The predicted octanol–water partition coefficient (Wildman–Crippen LogP) is 2.82. The molecule has 1 heterocycles. The maximum absolute atomic E-state index is 13.0. The van der Waals surface area contributed by atoms with Crippen molar-refractivity contribution < 1.29 is 14.4 Å². The second kappa shape index (κ2) is 7.21. The largest absolute Gasteiger partial charge is 0.368 e. The van der Waals surface area contributed by atoms with Crippen LogP contribution in [0, 0.1) is 13.8 Å². The number of hydrogen-bond acceptors (Lipinski definition) is 5. The van der Waals surface area contributed by atoms with Gasteiger partial charge in [-0.15, -0.1) is 0 Å². The van der Waals surface area contributed by atoms with Crippen LogP contribution in [-0.4, -0.2) is 29.0 Å². The summed E-state index contributed by atoms with van der Waals surface area (Å²) < 4.78 is 0. The van der Waals surface area contributed by atoms with Crippen molar-refractivity contribution in [3.8, 4) is 0 Å². The van der Waals surface area contributed by atoms with Crippen molar-refractivity contribution in [3.63, 3.8) is 0 Å². The zero-order valence-electron chi connectivity index (χ0n) is 14.5. The Morgan fingerprint density at radius 1 is 1.04 bits per heavy atom. The van der Waals surface area contributed by atoms with Crippen LogP contribution in [0.25, 0.3) is 0 Å². The summed E-state index contributed by atoms with van der Waals surface area (Å²) >= 11 is 0.886. The molecule has 26 heavy (non-hydrogen) atoms. The van der Waals surface area contributed by atoms with Gasteiger partial charge in [0.1, 0.15) is 0 Å². The van der Waals surface area contributed by atoms with Crippen LogP contribution in [-0.2, 0) is 9.59 Å². The fourth-order valence-electron chi connectivity index (χ4n) is 2.74. The maximum Gasteiger partial charge on any atom is 0.295 e. The quantitative estimate of drug-likeness (QED) is 0.876. The molecular formula is C19H19N3O3S. The summed E-state index contributed by atoms with van der Waals surface area (Å²) in [7, 11) is 0. The van der Waals surface area contributed by atoms with Gasteiger partial charge in [-0.1, -0.05) is 35.4 Å². The molecule has 0 bridgehead atoms. The minimum Gasteiger partial charge on any atom is -0.368 e. The number of benzene rings is 2. The molecule has 1 aliphatic rings. The third-order valence-electron chi connectivity index (χ3n) is 4.09. The van der Waals surface area contributed by atoms with Crippen LogP contribution in [0.4, 0.5) is 16.2 Å². The number of carbonyl (C=O) groups is 3. The van der Waals surface area contributed by atoms with Crippen molar-refractivity contribution in [3.05, 3.63) is 59.7 Å². The number of nitrogens with two attached hydrogens (primary N) is 1. The predicted molar refractivity (Wildman–Crippen MR) is 103 cm³/mol. The van der Waals surface area contributed by atoms with E-state index in [0.717, 1.165) is 27.8 Å². The standard InChI is InChI=1S/C19H19N3O3S/c1-12-3-7-14(8-4-12)21(11-16(20)23)18-17(24)22(19(25)26-18)15-9-5-13(2)6-10-15/h3-10,18H,11H2,1-2H3,(H2,20,23)/t18-/m1/s1. The number of thioether (sulfide) groups is 1. The highest BCUT2D eigenvalue weighted by Gasteiger charge is 2.44. The van der Waals surface area contributed by atoms with Crippen LogP contribution in [0.1, 0.15) is 11.1 Å². The number of hydrogen-bond donors (Lipinski definition) is 1. The molecule has 3 amide bonds. The van der Waals surface area contributed by atoms with Gasteiger partial charge in [0.25, 0.3) is 11.1 Å². The molecule has 1 atom stereocenters. The van der Waals surface area contributed by atoms with E-state index < -0.39 is 11.3 Å². The number of anilines is 2. The first-order valence-electron chi connectivity index (χ1n) is 8.09. The molecule has 1 aliphatic heterocycles. The first-order chi connectivity index (χ1) is 12.4. The van der Waals surface area contributed by atoms with Gasteiger partial charge in [0.2, 0.25) is 5.91 Å². The molecule has 3 rings (SSSR count).